The van der Waals surface area contributed by atoms with Crippen molar-refractivity contribution in [3.05, 3.63) is 65.2 Å². The molecule has 0 aliphatic carbocycles. The smallest absolute Gasteiger partial charge is 0.142 e. The Morgan fingerprint density at radius 2 is 2.10 bits per heavy atom. The van der Waals surface area contributed by atoms with Gasteiger partial charge in [-0.1, -0.05) is 29.8 Å². The van der Waals surface area contributed by atoms with Crippen molar-refractivity contribution in [1.82, 2.24) is 4.98 Å². The molecule has 0 saturated carbocycles. The summed E-state index contributed by atoms with van der Waals surface area (Å²) in [6.07, 6.45) is 1.79. The molecule has 21 heavy (non-hydrogen) atoms. The zero-order valence-corrected chi connectivity index (χ0v) is 12.6. The average molecular weight is 296 g/mol. The molecule has 2 N–H and O–H groups in total. The first-order valence-corrected chi connectivity index (χ1v) is 7.58. The van der Waals surface area contributed by atoms with Crippen LogP contribution in [0, 0.1) is 6.92 Å². The van der Waals surface area contributed by atoms with Gasteiger partial charge in [-0.2, -0.15) is 0 Å². The molecule has 106 valence electrons. The largest absolute Gasteiger partial charge is 0.487 e. The Morgan fingerprint density at radius 1 is 1.19 bits per heavy atom. The SMILES string of the molecule is Cc1cccc(COc2ccc(-c3nccs3)cc2N)c1. The summed E-state index contributed by atoms with van der Waals surface area (Å²) in [5, 5.41) is 2.92. The number of aryl methyl sites for hydroxylation is 1. The summed E-state index contributed by atoms with van der Waals surface area (Å²) in [6, 6.07) is 14.1. The summed E-state index contributed by atoms with van der Waals surface area (Å²) in [6.45, 7) is 2.59. The highest BCUT2D eigenvalue weighted by Gasteiger charge is 2.06. The molecule has 3 rings (SSSR count). The molecule has 2 aromatic carbocycles. The van der Waals surface area contributed by atoms with Gasteiger partial charge in [-0.25, -0.2) is 4.98 Å². The van der Waals surface area contributed by atoms with Crippen LogP contribution in [0.3, 0.4) is 0 Å². The van der Waals surface area contributed by atoms with Gasteiger partial charge < -0.3 is 10.5 Å². The van der Waals surface area contributed by atoms with Crippen LogP contribution in [0.15, 0.2) is 54.0 Å². The first kappa shape index (κ1) is 13.6. The van der Waals surface area contributed by atoms with Gasteiger partial charge in [0.2, 0.25) is 0 Å². The fourth-order valence-electron chi connectivity index (χ4n) is 2.14. The van der Waals surface area contributed by atoms with Gasteiger partial charge in [0.1, 0.15) is 17.4 Å². The van der Waals surface area contributed by atoms with Gasteiger partial charge in [0.15, 0.2) is 0 Å². The highest BCUT2D eigenvalue weighted by molar-refractivity contribution is 7.13. The average Bonchev–Trinajstić information content (AvgIpc) is 3.00. The Bertz CT molecular complexity index is 738. The first-order valence-electron chi connectivity index (χ1n) is 6.70. The summed E-state index contributed by atoms with van der Waals surface area (Å²) >= 11 is 1.59. The number of benzene rings is 2. The molecular formula is C17H16N2OS. The zero-order chi connectivity index (χ0) is 14.7. The lowest BCUT2D eigenvalue weighted by atomic mass is 10.1. The van der Waals surface area contributed by atoms with E-state index in [0.717, 1.165) is 16.1 Å². The fraction of sp³-hybridized carbons (Fsp3) is 0.118. The number of aromatic nitrogens is 1. The number of nitrogens with zero attached hydrogens (tertiary/aromatic N) is 1. The lowest BCUT2D eigenvalue weighted by Crippen LogP contribution is -1.99. The molecule has 1 aromatic heterocycles. The van der Waals surface area contributed by atoms with Gasteiger partial charge in [0.05, 0.1) is 5.69 Å². The minimum atomic E-state index is 0.516. The summed E-state index contributed by atoms with van der Waals surface area (Å²) in [5.41, 5.74) is 10.1. The Labute approximate surface area is 128 Å². The van der Waals surface area contributed by atoms with Crippen molar-refractivity contribution in [2.45, 2.75) is 13.5 Å². The van der Waals surface area contributed by atoms with Gasteiger partial charge in [-0.3, -0.25) is 0 Å². The van der Waals surface area contributed by atoms with E-state index >= 15 is 0 Å². The maximum Gasteiger partial charge on any atom is 0.142 e. The van der Waals surface area contributed by atoms with E-state index in [1.165, 1.54) is 5.56 Å². The molecule has 3 aromatic rings. The van der Waals surface area contributed by atoms with E-state index < -0.39 is 0 Å². The van der Waals surface area contributed by atoms with Crippen LogP contribution in [0.1, 0.15) is 11.1 Å². The normalized spacial score (nSPS) is 10.5. The van der Waals surface area contributed by atoms with Crippen molar-refractivity contribution in [2.24, 2.45) is 0 Å². The number of hydrogen-bond acceptors (Lipinski definition) is 4. The standard InChI is InChI=1S/C17H16N2OS/c1-12-3-2-4-13(9-12)11-20-16-6-5-14(10-15(16)18)17-19-7-8-21-17/h2-10H,11,18H2,1H3. The molecule has 0 aliphatic rings. The molecule has 0 saturated heterocycles. The molecular weight excluding hydrogens is 280 g/mol. The van der Waals surface area contributed by atoms with Gasteiger partial charge in [0.25, 0.3) is 0 Å². The van der Waals surface area contributed by atoms with Gasteiger partial charge in [-0.05, 0) is 30.7 Å². The first-order chi connectivity index (χ1) is 10.2. The Kier molecular flexibility index (Phi) is 3.88. The fourth-order valence-corrected chi connectivity index (χ4v) is 2.78. The Balaban J connectivity index is 1.74. The number of anilines is 1. The van der Waals surface area contributed by atoms with Crippen molar-refractivity contribution in [2.75, 3.05) is 5.73 Å². The molecule has 1 heterocycles. The van der Waals surface area contributed by atoms with Crippen molar-refractivity contribution in [1.29, 1.82) is 0 Å². The van der Waals surface area contributed by atoms with E-state index in [1.807, 2.05) is 35.7 Å². The molecule has 0 bridgehead atoms. The molecule has 3 nitrogen and oxygen atoms in total. The van der Waals surface area contributed by atoms with Crippen molar-refractivity contribution >= 4 is 17.0 Å². The number of nitrogens with two attached hydrogens (primary N) is 1. The predicted octanol–water partition coefficient (Wildman–Crippen LogP) is 4.28. The summed E-state index contributed by atoms with van der Waals surface area (Å²) < 4.78 is 5.81. The molecule has 0 amide bonds. The minimum absolute atomic E-state index is 0.516. The van der Waals surface area contributed by atoms with Crippen LogP contribution in [0.4, 0.5) is 5.69 Å². The maximum atomic E-state index is 6.07. The van der Waals surface area contributed by atoms with Crippen LogP contribution in [0.2, 0.25) is 0 Å². The summed E-state index contributed by atoms with van der Waals surface area (Å²) in [5.74, 6) is 0.705. The number of rotatable bonds is 4. The highest BCUT2D eigenvalue weighted by Crippen LogP contribution is 2.30. The van der Waals surface area contributed by atoms with E-state index in [0.29, 0.717) is 18.0 Å². The van der Waals surface area contributed by atoms with Crippen LogP contribution < -0.4 is 10.5 Å². The van der Waals surface area contributed by atoms with Gasteiger partial charge >= 0.3 is 0 Å². The van der Waals surface area contributed by atoms with E-state index in [2.05, 4.69) is 24.0 Å². The topological polar surface area (TPSA) is 48.1 Å². The van der Waals surface area contributed by atoms with Crippen LogP contribution in [-0.2, 0) is 6.61 Å². The number of hydrogen-bond donors (Lipinski definition) is 1. The third-order valence-corrected chi connectivity index (χ3v) is 3.99. The van der Waals surface area contributed by atoms with E-state index in [4.69, 9.17) is 10.5 Å². The second-order valence-electron chi connectivity index (χ2n) is 4.87. The predicted molar refractivity (Wildman–Crippen MR) is 87.5 cm³/mol. The molecule has 0 unspecified atom stereocenters. The molecule has 0 fully saturated rings. The number of thiazole rings is 1. The van der Waals surface area contributed by atoms with Crippen LogP contribution in [-0.4, -0.2) is 4.98 Å². The molecule has 4 heteroatoms. The number of nitrogen functional groups attached to an aromatic ring is 1. The van der Waals surface area contributed by atoms with Crippen molar-refractivity contribution in [3.63, 3.8) is 0 Å². The van der Waals surface area contributed by atoms with Gasteiger partial charge in [-0.15, -0.1) is 11.3 Å². The third-order valence-electron chi connectivity index (χ3n) is 3.17. The van der Waals surface area contributed by atoms with Gasteiger partial charge in [0, 0.05) is 17.1 Å². The lowest BCUT2D eigenvalue weighted by molar-refractivity contribution is 0.308. The number of ether oxygens (including phenoxy) is 1. The lowest BCUT2D eigenvalue weighted by Gasteiger charge is -2.10. The van der Waals surface area contributed by atoms with E-state index in [1.54, 1.807) is 17.5 Å². The Morgan fingerprint density at radius 3 is 2.81 bits per heavy atom. The molecule has 0 radical (unpaired) electrons. The molecule has 0 aliphatic heterocycles. The monoisotopic (exact) mass is 296 g/mol. The zero-order valence-electron chi connectivity index (χ0n) is 11.7. The van der Waals surface area contributed by atoms with E-state index in [-0.39, 0.29) is 0 Å². The van der Waals surface area contributed by atoms with Crippen molar-refractivity contribution < 1.29 is 4.74 Å². The van der Waals surface area contributed by atoms with E-state index in [9.17, 15) is 0 Å². The second-order valence-corrected chi connectivity index (χ2v) is 5.76. The van der Waals surface area contributed by atoms with Crippen molar-refractivity contribution in [3.8, 4) is 16.3 Å². The second kappa shape index (κ2) is 5.97. The molecule has 0 spiro atoms. The van der Waals surface area contributed by atoms with Crippen LogP contribution in [0.25, 0.3) is 10.6 Å². The maximum absolute atomic E-state index is 6.07. The summed E-state index contributed by atoms with van der Waals surface area (Å²) in [7, 11) is 0. The molecule has 0 atom stereocenters. The summed E-state index contributed by atoms with van der Waals surface area (Å²) in [4.78, 5) is 4.28. The third kappa shape index (κ3) is 3.23. The minimum Gasteiger partial charge on any atom is -0.487 e. The van der Waals surface area contributed by atoms with Crippen LogP contribution in [0.5, 0.6) is 5.75 Å². The highest BCUT2D eigenvalue weighted by atomic mass is 32.1. The quantitative estimate of drug-likeness (QED) is 0.731. The Hall–Kier alpha value is -2.33. The van der Waals surface area contributed by atoms with Crippen LogP contribution >= 0.6 is 11.3 Å².